The normalized spacial score (nSPS) is 10.4. The third-order valence-corrected chi connectivity index (χ3v) is 4.42. The van der Waals surface area contributed by atoms with Gasteiger partial charge in [-0.1, -0.05) is 0 Å². The summed E-state index contributed by atoms with van der Waals surface area (Å²) in [5.41, 5.74) is 0.950. The van der Waals surface area contributed by atoms with Crippen molar-refractivity contribution < 1.29 is 9.47 Å². The number of aromatic nitrogens is 1. The van der Waals surface area contributed by atoms with Crippen molar-refractivity contribution >= 4 is 27.3 Å². The van der Waals surface area contributed by atoms with Gasteiger partial charge in [-0.3, -0.25) is 0 Å². The molecular weight excluding hydrogens is 302 g/mol. The van der Waals surface area contributed by atoms with Crippen molar-refractivity contribution in [3.8, 4) is 22.1 Å². The minimum absolute atomic E-state index is 0.796. The topological polar surface area (TPSA) is 31.4 Å². The number of halogens is 1. The summed E-state index contributed by atoms with van der Waals surface area (Å²) >= 11 is 5.05. The van der Waals surface area contributed by atoms with Crippen LogP contribution in [0, 0.1) is 6.92 Å². The Kier molecular flexibility index (Phi) is 3.69. The van der Waals surface area contributed by atoms with Crippen LogP contribution >= 0.6 is 27.3 Å². The van der Waals surface area contributed by atoms with E-state index in [1.54, 1.807) is 25.6 Å². The van der Waals surface area contributed by atoms with Gasteiger partial charge in [0.15, 0.2) is 0 Å². The highest BCUT2D eigenvalue weighted by molar-refractivity contribution is 9.10. The van der Waals surface area contributed by atoms with E-state index < -0.39 is 0 Å². The van der Waals surface area contributed by atoms with E-state index in [1.165, 1.54) is 0 Å². The van der Waals surface area contributed by atoms with Gasteiger partial charge < -0.3 is 9.47 Å². The van der Waals surface area contributed by atoms with Crippen LogP contribution in [0.1, 0.15) is 4.88 Å². The summed E-state index contributed by atoms with van der Waals surface area (Å²) in [7, 11) is 3.30. The highest BCUT2D eigenvalue weighted by Crippen LogP contribution is 2.37. The first kappa shape index (κ1) is 12.4. The molecule has 0 N–H and O–H groups in total. The second-order valence-electron chi connectivity index (χ2n) is 3.43. The number of thiazole rings is 1. The molecule has 0 aliphatic rings. The molecule has 1 aromatic heterocycles. The predicted molar refractivity (Wildman–Crippen MR) is 73.1 cm³/mol. The smallest absolute Gasteiger partial charge is 0.129 e. The molecule has 0 bridgehead atoms. The monoisotopic (exact) mass is 313 g/mol. The Morgan fingerprint density at radius 1 is 1.24 bits per heavy atom. The Balaban J connectivity index is 2.55. The maximum Gasteiger partial charge on any atom is 0.129 e. The zero-order valence-electron chi connectivity index (χ0n) is 9.78. The molecule has 1 aromatic carbocycles. The van der Waals surface area contributed by atoms with Crippen LogP contribution in [0.2, 0.25) is 0 Å². The van der Waals surface area contributed by atoms with Crippen LogP contribution in [0.5, 0.6) is 11.5 Å². The fourth-order valence-corrected chi connectivity index (χ4v) is 2.84. The quantitative estimate of drug-likeness (QED) is 0.861. The lowest BCUT2D eigenvalue weighted by molar-refractivity contribution is 0.404. The van der Waals surface area contributed by atoms with Crippen LogP contribution < -0.4 is 9.47 Å². The molecule has 0 spiro atoms. The molecule has 0 radical (unpaired) electrons. The summed E-state index contributed by atoms with van der Waals surface area (Å²) in [6.45, 7) is 2.03. The molecule has 3 nitrogen and oxygen atoms in total. The Hall–Kier alpha value is -1.07. The lowest BCUT2D eigenvalue weighted by Crippen LogP contribution is -1.89. The van der Waals surface area contributed by atoms with E-state index in [4.69, 9.17) is 9.47 Å². The largest absolute Gasteiger partial charge is 0.497 e. The average molecular weight is 314 g/mol. The Labute approximate surface area is 113 Å². The van der Waals surface area contributed by atoms with E-state index in [1.807, 2.05) is 25.1 Å². The summed E-state index contributed by atoms with van der Waals surface area (Å²) in [5, 5.41) is 0.921. The summed E-state index contributed by atoms with van der Waals surface area (Å²) < 4.78 is 11.4. The second kappa shape index (κ2) is 5.06. The highest BCUT2D eigenvalue weighted by atomic mass is 79.9. The van der Waals surface area contributed by atoms with Gasteiger partial charge in [0.25, 0.3) is 0 Å². The van der Waals surface area contributed by atoms with Crippen molar-refractivity contribution in [2.75, 3.05) is 14.2 Å². The van der Waals surface area contributed by atoms with Crippen LogP contribution in [0.4, 0.5) is 0 Å². The fourth-order valence-electron chi connectivity index (χ4n) is 1.47. The maximum absolute atomic E-state index is 5.34. The van der Waals surface area contributed by atoms with Gasteiger partial charge in [0.1, 0.15) is 21.1 Å². The Morgan fingerprint density at radius 2 is 2.00 bits per heavy atom. The van der Waals surface area contributed by atoms with Crippen molar-refractivity contribution in [3.05, 3.63) is 27.7 Å². The summed E-state index contributed by atoms with van der Waals surface area (Å²) in [5.74, 6) is 1.59. The van der Waals surface area contributed by atoms with E-state index in [0.717, 1.165) is 31.6 Å². The number of nitrogens with zero attached hydrogens (tertiary/aromatic N) is 1. The maximum atomic E-state index is 5.34. The molecule has 1 heterocycles. The highest BCUT2D eigenvalue weighted by Gasteiger charge is 2.13. The number of methoxy groups -OCH3 is 2. The summed E-state index contributed by atoms with van der Waals surface area (Å²) in [4.78, 5) is 5.61. The van der Waals surface area contributed by atoms with Crippen molar-refractivity contribution in [2.24, 2.45) is 0 Å². The van der Waals surface area contributed by atoms with Crippen LogP contribution in [0.3, 0.4) is 0 Å². The predicted octanol–water partition coefficient (Wildman–Crippen LogP) is 3.90. The minimum Gasteiger partial charge on any atom is -0.497 e. The van der Waals surface area contributed by atoms with Gasteiger partial charge in [0.05, 0.1) is 19.8 Å². The fraction of sp³-hybridized carbons (Fsp3) is 0.250. The van der Waals surface area contributed by atoms with Crippen LogP contribution in [0.25, 0.3) is 10.6 Å². The minimum atomic E-state index is 0.796. The van der Waals surface area contributed by atoms with Crippen LogP contribution in [0.15, 0.2) is 22.8 Å². The van der Waals surface area contributed by atoms with E-state index in [9.17, 15) is 0 Å². The molecule has 0 saturated carbocycles. The first-order valence-electron chi connectivity index (χ1n) is 5.01. The first-order chi connectivity index (χ1) is 8.15. The third kappa shape index (κ3) is 2.45. The number of hydrogen-bond acceptors (Lipinski definition) is 4. The van der Waals surface area contributed by atoms with Crippen molar-refractivity contribution in [1.29, 1.82) is 0 Å². The van der Waals surface area contributed by atoms with Gasteiger partial charge in [-0.05, 0) is 41.1 Å². The number of rotatable bonds is 3. The summed E-state index contributed by atoms with van der Waals surface area (Å²) in [6.07, 6.45) is 0. The lowest BCUT2D eigenvalue weighted by atomic mass is 10.2. The molecule has 0 fully saturated rings. The molecule has 2 rings (SSSR count). The molecular formula is C12H12BrNO2S. The molecule has 90 valence electrons. The van der Waals surface area contributed by atoms with E-state index >= 15 is 0 Å². The molecule has 0 unspecified atom stereocenters. The molecule has 2 aromatic rings. The number of ether oxygens (including phenoxy) is 2. The van der Waals surface area contributed by atoms with Crippen molar-refractivity contribution in [1.82, 2.24) is 4.98 Å². The zero-order chi connectivity index (χ0) is 12.4. The standard InChI is InChI=1S/C12H12BrNO2S/c1-7-11(13)14-12(17-7)9-6-8(15-2)4-5-10(9)16-3/h4-6H,1-3H3. The van der Waals surface area contributed by atoms with Gasteiger partial charge >= 0.3 is 0 Å². The SMILES string of the molecule is COc1ccc(OC)c(-c2nc(Br)c(C)s2)c1. The first-order valence-corrected chi connectivity index (χ1v) is 6.62. The van der Waals surface area contributed by atoms with Gasteiger partial charge in [0, 0.05) is 4.88 Å². The van der Waals surface area contributed by atoms with E-state index in [2.05, 4.69) is 20.9 Å². The summed E-state index contributed by atoms with van der Waals surface area (Å²) in [6, 6.07) is 5.69. The number of hydrogen-bond donors (Lipinski definition) is 0. The number of aryl methyl sites for hydroxylation is 1. The lowest BCUT2D eigenvalue weighted by Gasteiger charge is -2.07. The van der Waals surface area contributed by atoms with E-state index in [-0.39, 0.29) is 0 Å². The van der Waals surface area contributed by atoms with Gasteiger partial charge in [-0.25, -0.2) is 4.98 Å². The molecule has 0 aliphatic heterocycles. The molecule has 0 amide bonds. The number of benzene rings is 1. The molecule has 5 heteroatoms. The van der Waals surface area contributed by atoms with E-state index in [0.29, 0.717) is 0 Å². The van der Waals surface area contributed by atoms with Crippen molar-refractivity contribution in [3.63, 3.8) is 0 Å². The Bertz CT molecular complexity index is 520. The molecule has 0 saturated heterocycles. The second-order valence-corrected chi connectivity index (χ2v) is 5.39. The van der Waals surface area contributed by atoms with Crippen LogP contribution in [-0.4, -0.2) is 19.2 Å². The van der Waals surface area contributed by atoms with Gasteiger partial charge in [-0.2, -0.15) is 0 Å². The van der Waals surface area contributed by atoms with Gasteiger partial charge in [-0.15, -0.1) is 11.3 Å². The third-order valence-electron chi connectivity index (χ3n) is 2.38. The van der Waals surface area contributed by atoms with Gasteiger partial charge in [0.2, 0.25) is 0 Å². The molecule has 17 heavy (non-hydrogen) atoms. The molecule has 0 atom stereocenters. The van der Waals surface area contributed by atoms with Crippen LogP contribution in [-0.2, 0) is 0 Å². The van der Waals surface area contributed by atoms with Crippen molar-refractivity contribution in [2.45, 2.75) is 6.92 Å². The zero-order valence-corrected chi connectivity index (χ0v) is 12.2. The average Bonchev–Trinajstić information content (AvgIpc) is 2.68. The Morgan fingerprint density at radius 3 is 2.53 bits per heavy atom. The molecule has 0 aliphatic carbocycles.